The van der Waals surface area contributed by atoms with Gasteiger partial charge in [0, 0.05) is 0 Å². The lowest BCUT2D eigenvalue weighted by molar-refractivity contribution is 0.0934. The predicted octanol–water partition coefficient (Wildman–Crippen LogP) is 1.74. The molecule has 0 spiro atoms. The number of H-pyrrole nitrogens is 1. The van der Waals surface area contributed by atoms with Gasteiger partial charge in [0.2, 0.25) is 0 Å². The van der Waals surface area contributed by atoms with Crippen molar-refractivity contribution in [2.75, 3.05) is 0 Å². The second-order valence-electron chi connectivity index (χ2n) is 4.12. The average Bonchev–Trinajstić information content (AvgIpc) is 2.81. The second kappa shape index (κ2) is 2.90. The number of aromatic nitrogens is 3. The zero-order chi connectivity index (χ0) is 9.71. The first kappa shape index (κ1) is 8.61. The van der Waals surface area contributed by atoms with Crippen LogP contribution >= 0.6 is 12.2 Å². The smallest absolute Gasteiger partial charge is 0.195 e. The molecule has 14 heavy (non-hydrogen) atoms. The molecule has 5 heteroatoms. The molecular formula is C9H13N3OS. The highest BCUT2D eigenvalue weighted by Gasteiger charge is 2.42. The van der Waals surface area contributed by atoms with Crippen LogP contribution < -0.4 is 0 Å². The normalized spacial score (nSPS) is 35.4. The third kappa shape index (κ3) is 1.09. The van der Waals surface area contributed by atoms with Crippen molar-refractivity contribution >= 4 is 12.2 Å². The number of aromatic amines is 1. The highest BCUT2D eigenvalue weighted by atomic mass is 32.1. The number of nitrogens with zero attached hydrogens (tertiary/aromatic N) is 2. The van der Waals surface area contributed by atoms with Gasteiger partial charge in [-0.15, -0.1) is 0 Å². The fourth-order valence-electron chi connectivity index (χ4n) is 2.66. The van der Waals surface area contributed by atoms with E-state index < -0.39 is 0 Å². The molecule has 2 bridgehead atoms. The number of nitrogens with one attached hydrogen (secondary N) is 1. The first-order valence-electron chi connectivity index (χ1n) is 5.04. The quantitative estimate of drug-likeness (QED) is 0.719. The lowest BCUT2D eigenvalue weighted by Crippen LogP contribution is -2.22. The lowest BCUT2D eigenvalue weighted by Gasteiger charge is -2.20. The van der Waals surface area contributed by atoms with Crippen molar-refractivity contribution in [3.8, 4) is 0 Å². The van der Waals surface area contributed by atoms with E-state index in [0.717, 1.165) is 17.0 Å². The molecule has 0 aromatic carbocycles. The van der Waals surface area contributed by atoms with Crippen molar-refractivity contribution < 1.29 is 4.74 Å². The van der Waals surface area contributed by atoms with Gasteiger partial charge in [-0.1, -0.05) is 0 Å². The van der Waals surface area contributed by atoms with Gasteiger partial charge in [-0.05, 0) is 38.4 Å². The molecule has 2 saturated heterocycles. The monoisotopic (exact) mass is 211 g/mol. The summed E-state index contributed by atoms with van der Waals surface area (Å²) < 4.78 is 8.65. The molecular weight excluding hydrogens is 198 g/mol. The topological polar surface area (TPSA) is 42.8 Å². The van der Waals surface area contributed by atoms with Gasteiger partial charge in [0.05, 0.1) is 18.2 Å². The van der Waals surface area contributed by atoms with Gasteiger partial charge in [0.15, 0.2) is 4.77 Å². The first-order valence-corrected chi connectivity index (χ1v) is 5.45. The van der Waals surface area contributed by atoms with Crippen LogP contribution in [0.3, 0.4) is 0 Å². The van der Waals surface area contributed by atoms with E-state index >= 15 is 0 Å². The molecule has 76 valence electrons. The summed E-state index contributed by atoms with van der Waals surface area (Å²) in [6.45, 7) is 1.98. The van der Waals surface area contributed by atoms with Crippen molar-refractivity contribution in [1.82, 2.24) is 14.8 Å². The van der Waals surface area contributed by atoms with Crippen molar-refractivity contribution in [3.63, 3.8) is 0 Å². The summed E-state index contributed by atoms with van der Waals surface area (Å²) in [7, 11) is 0. The molecule has 3 heterocycles. The van der Waals surface area contributed by atoms with Crippen molar-refractivity contribution in [1.29, 1.82) is 0 Å². The van der Waals surface area contributed by atoms with Crippen LogP contribution in [0.5, 0.6) is 0 Å². The Labute approximate surface area is 87.3 Å². The van der Waals surface area contributed by atoms with Gasteiger partial charge < -0.3 is 4.74 Å². The van der Waals surface area contributed by atoms with E-state index in [-0.39, 0.29) is 0 Å². The summed E-state index contributed by atoms with van der Waals surface area (Å²) >= 11 is 5.21. The van der Waals surface area contributed by atoms with E-state index in [1.807, 2.05) is 6.92 Å². The van der Waals surface area contributed by atoms with Crippen LogP contribution in [0.4, 0.5) is 0 Å². The minimum absolute atomic E-state index is 0.364. The molecule has 3 rings (SSSR count). The van der Waals surface area contributed by atoms with Crippen LogP contribution in [-0.4, -0.2) is 27.0 Å². The highest BCUT2D eigenvalue weighted by Crippen LogP contribution is 2.41. The van der Waals surface area contributed by atoms with Gasteiger partial charge >= 0.3 is 0 Å². The maximum Gasteiger partial charge on any atom is 0.195 e. The first-order chi connectivity index (χ1) is 6.75. The summed E-state index contributed by atoms with van der Waals surface area (Å²) in [5.41, 5.74) is 0. The third-order valence-corrected chi connectivity index (χ3v) is 3.57. The zero-order valence-corrected chi connectivity index (χ0v) is 8.88. The molecule has 1 N–H and O–H groups in total. The van der Waals surface area contributed by atoms with Crippen molar-refractivity contribution in [2.45, 2.75) is 44.4 Å². The molecule has 1 aromatic heterocycles. The van der Waals surface area contributed by atoms with Gasteiger partial charge in [0.25, 0.3) is 0 Å². The second-order valence-corrected chi connectivity index (χ2v) is 4.51. The lowest BCUT2D eigenvalue weighted by atomic mass is 9.95. The van der Waals surface area contributed by atoms with Crippen LogP contribution in [0.1, 0.15) is 31.1 Å². The molecule has 0 aliphatic carbocycles. The van der Waals surface area contributed by atoms with Crippen LogP contribution in [0, 0.1) is 11.7 Å². The Morgan fingerprint density at radius 2 is 2.43 bits per heavy atom. The Morgan fingerprint density at radius 1 is 1.57 bits per heavy atom. The Morgan fingerprint density at radius 3 is 2.93 bits per heavy atom. The number of aryl methyl sites for hydroxylation is 1. The highest BCUT2D eigenvalue weighted by molar-refractivity contribution is 7.71. The van der Waals surface area contributed by atoms with Gasteiger partial charge in [-0.25, -0.2) is 0 Å². The molecule has 2 aliphatic rings. The van der Waals surface area contributed by atoms with E-state index in [1.165, 1.54) is 12.8 Å². The molecule has 2 aliphatic heterocycles. The van der Waals surface area contributed by atoms with E-state index in [0.29, 0.717) is 18.2 Å². The average molecular weight is 211 g/mol. The van der Waals surface area contributed by atoms with Gasteiger partial charge in [0.1, 0.15) is 5.82 Å². The van der Waals surface area contributed by atoms with E-state index in [2.05, 4.69) is 14.8 Å². The molecule has 0 radical (unpaired) electrons. The maximum absolute atomic E-state index is 5.81. The predicted molar refractivity (Wildman–Crippen MR) is 53.7 cm³/mol. The minimum Gasteiger partial charge on any atom is -0.373 e. The minimum atomic E-state index is 0.364. The van der Waals surface area contributed by atoms with E-state index in [9.17, 15) is 0 Å². The largest absolute Gasteiger partial charge is 0.373 e. The van der Waals surface area contributed by atoms with Crippen LogP contribution in [-0.2, 0) is 4.74 Å². The number of hydrogen-bond donors (Lipinski definition) is 1. The third-order valence-electron chi connectivity index (χ3n) is 3.29. The Hall–Kier alpha value is -0.680. The van der Waals surface area contributed by atoms with Crippen molar-refractivity contribution in [3.05, 3.63) is 10.6 Å². The summed E-state index contributed by atoms with van der Waals surface area (Å²) in [6.07, 6.45) is 4.30. The summed E-state index contributed by atoms with van der Waals surface area (Å²) in [4.78, 5) is 0. The molecule has 1 aromatic rings. The number of fused-ring (bicyclic) bond motifs is 2. The number of ether oxygens (including phenoxy) is 1. The Bertz CT molecular complexity index is 410. The van der Waals surface area contributed by atoms with Crippen LogP contribution in [0.2, 0.25) is 0 Å². The molecule has 0 saturated carbocycles. The van der Waals surface area contributed by atoms with Gasteiger partial charge in [-0.3, -0.25) is 9.67 Å². The molecule has 3 atom stereocenters. The van der Waals surface area contributed by atoms with Crippen molar-refractivity contribution in [2.24, 2.45) is 0 Å². The Balaban J connectivity index is 2.00. The SMILES string of the molecule is Cc1n[nH]c(=S)n1C1CC2CCC1O2. The fourth-order valence-corrected chi connectivity index (χ4v) is 2.97. The Kier molecular flexibility index (Phi) is 1.79. The van der Waals surface area contributed by atoms with E-state index in [1.54, 1.807) is 0 Å². The van der Waals surface area contributed by atoms with Crippen LogP contribution in [0.15, 0.2) is 0 Å². The molecule has 0 amide bonds. The van der Waals surface area contributed by atoms with Gasteiger partial charge in [-0.2, -0.15) is 5.10 Å². The molecule has 3 unspecified atom stereocenters. The summed E-state index contributed by atoms with van der Waals surface area (Å²) in [5.74, 6) is 0.969. The standard InChI is InChI=1S/C9H13N3OS/c1-5-10-11-9(14)12(5)7-4-6-2-3-8(7)13-6/h6-8H,2-4H2,1H3,(H,11,14). The number of hydrogen-bond acceptors (Lipinski definition) is 3. The van der Waals surface area contributed by atoms with E-state index in [4.69, 9.17) is 17.0 Å². The zero-order valence-electron chi connectivity index (χ0n) is 8.06. The summed E-state index contributed by atoms with van der Waals surface area (Å²) in [6, 6.07) is 0.417. The number of rotatable bonds is 1. The summed E-state index contributed by atoms with van der Waals surface area (Å²) in [5, 5.41) is 6.97. The molecule has 4 nitrogen and oxygen atoms in total. The molecule has 2 fully saturated rings. The van der Waals surface area contributed by atoms with Crippen LogP contribution in [0.25, 0.3) is 0 Å². The maximum atomic E-state index is 5.81. The fraction of sp³-hybridized carbons (Fsp3) is 0.778.